The molecule has 1 atom stereocenters. The highest BCUT2D eigenvalue weighted by Gasteiger charge is 2.27. The summed E-state index contributed by atoms with van der Waals surface area (Å²) < 4.78 is 5.65. The zero-order valence-corrected chi connectivity index (χ0v) is 7.55. The Morgan fingerprint density at radius 1 is 1.38 bits per heavy atom. The minimum absolute atomic E-state index is 0.640. The van der Waals surface area contributed by atoms with Gasteiger partial charge in [0.05, 0.1) is 6.61 Å². The van der Waals surface area contributed by atoms with Crippen LogP contribution in [0.5, 0.6) is 5.75 Å². The molecular weight excluding hydrogens is 162 g/mol. The average molecular weight is 175 g/mol. The lowest BCUT2D eigenvalue weighted by atomic mass is 9.95. The lowest BCUT2D eigenvalue weighted by molar-refractivity contribution is 0.324. The zero-order valence-electron chi connectivity index (χ0n) is 7.55. The summed E-state index contributed by atoms with van der Waals surface area (Å²) in [6.07, 6.45) is 1.21. The van der Waals surface area contributed by atoms with Crippen LogP contribution < -0.4 is 10.1 Å². The van der Waals surface area contributed by atoms with Crippen LogP contribution in [-0.2, 0) is 6.54 Å². The van der Waals surface area contributed by atoms with Crippen LogP contribution in [0.4, 0.5) is 0 Å². The highest BCUT2D eigenvalue weighted by atomic mass is 16.5. The Labute approximate surface area is 77.9 Å². The van der Waals surface area contributed by atoms with Gasteiger partial charge in [-0.2, -0.15) is 0 Å². The molecule has 0 bridgehead atoms. The predicted molar refractivity (Wildman–Crippen MR) is 51.0 cm³/mol. The SMILES string of the molecule is c1cc2c3c(c1)OCC3CCNC2. The maximum absolute atomic E-state index is 5.65. The molecule has 2 nitrogen and oxygen atoms in total. The van der Waals surface area contributed by atoms with E-state index < -0.39 is 0 Å². The molecular formula is C11H13NO. The summed E-state index contributed by atoms with van der Waals surface area (Å²) in [5.74, 6) is 1.76. The van der Waals surface area contributed by atoms with Crippen LogP contribution in [0.15, 0.2) is 18.2 Å². The van der Waals surface area contributed by atoms with Gasteiger partial charge in [0.15, 0.2) is 0 Å². The van der Waals surface area contributed by atoms with E-state index in [1.807, 2.05) is 0 Å². The second-order valence-corrected chi connectivity index (χ2v) is 3.80. The largest absolute Gasteiger partial charge is 0.493 e. The van der Waals surface area contributed by atoms with Crippen molar-refractivity contribution in [2.45, 2.75) is 18.9 Å². The third kappa shape index (κ3) is 1.05. The van der Waals surface area contributed by atoms with Crippen molar-refractivity contribution >= 4 is 0 Å². The molecule has 0 saturated heterocycles. The van der Waals surface area contributed by atoms with Gasteiger partial charge >= 0.3 is 0 Å². The smallest absolute Gasteiger partial charge is 0.123 e. The molecule has 0 saturated carbocycles. The number of nitrogens with one attached hydrogen (secondary N) is 1. The fourth-order valence-corrected chi connectivity index (χ4v) is 2.33. The van der Waals surface area contributed by atoms with Gasteiger partial charge < -0.3 is 10.1 Å². The predicted octanol–water partition coefficient (Wildman–Crippen LogP) is 1.66. The van der Waals surface area contributed by atoms with Gasteiger partial charge in [0.25, 0.3) is 0 Å². The van der Waals surface area contributed by atoms with E-state index in [-0.39, 0.29) is 0 Å². The van der Waals surface area contributed by atoms with E-state index in [2.05, 4.69) is 23.5 Å². The van der Waals surface area contributed by atoms with Crippen LogP contribution in [0.1, 0.15) is 23.5 Å². The normalized spacial score (nSPS) is 24.8. The van der Waals surface area contributed by atoms with Crippen molar-refractivity contribution in [3.05, 3.63) is 29.3 Å². The summed E-state index contributed by atoms with van der Waals surface area (Å²) in [7, 11) is 0. The Hall–Kier alpha value is -1.02. The quantitative estimate of drug-likeness (QED) is 0.647. The van der Waals surface area contributed by atoms with Gasteiger partial charge in [0.2, 0.25) is 0 Å². The number of ether oxygens (including phenoxy) is 1. The number of hydrogen-bond acceptors (Lipinski definition) is 2. The van der Waals surface area contributed by atoms with Crippen molar-refractivity contribution in [1.29, 1.82) is 0 Å². The molecule has 0 amide bonds. The lowest BCUT2D eigenvalue weighted by Crippen LogP contribution is -2.13. The van der Waals surface area contributed by atoms with E-state index in [1.54, 1.807) is 0 Å². The van der Waals surface area contributed by atoms with Crippen molar-refractivity contribution in [3.8, 4) is 5.75 Å². The van der Waals surface area contributed by atoms with Gasteiger partial charge in [-0.3, -0.25) is 0 Å². The third-order valence-electron chi connectivity index (χ3n) is 2.99. The standard InChI is InChI=1S/C11H13NO/c1-2-8-6-12-5-4-9-7-13-10(3-1)11(8)9/h1-3,9,12H,4-7H2. The van der Waals surface area contributed by atoms with E-state index in [1.165, 1.54) is 17.5 Å². The summed E-state index contributed by atoms with van der Waals surface area (Å²) in [5, 5.41) is 3.44. The topological polar surface area (TPSA) is 21.3 Å². The van der Waals surface area contributed by atoms with Crippen LogP contribution in [-0.4, -0.2) is 13.2 Å². The fourth-order valence-electron chi connectivity index (χ4n) is 2.33. The molecule has 13 heavy (non-hydrogen) atoms. The first-order valence-electron chi connectivity index (χ1n) is 4.90. The molecule has 0 aliphatic carbocycles. The molecule has 68 valence electrons. The van der Waals surface area contributed by atoms with E-state index in [0.29, 0.717) is 5.92 Å². The van der Waals surface area contributed by atoms with Crippen LogP contribution >= 0.6 is 0 Å². The molecule has 2 heterocycles. The summed E-state index contributed by atoms with van der Waals surface area (Å²) in [5.41, 5.74) is 2.89. The summed E-state index contributed by atoms with van der Waals surface area (Å²) >= 11 is 0. The molecule has 2 aliphatic rings. The Morgan fingerprint density at radius 3 is 3.38 bits per heavy atom. The summed E-state index contributed by atoms with van der Waals surface area (Å²) in [4.78, 5) is 0. The van der Waals surface area contributed by atoms with Gasteiger partial charge in [0.1, 0.15) is 5.75 Å². The lowest BCUT2D eigenvalue weighted by Gasteiger charge is -2.06. The van der Waals surface area contributed by atoms with Crippen molar-refractivity contribution in [3.63, 3.8) is 0 Å². The molecule has 0 aromatic heterocycles. The second-order valence-electron chi connectivity index (χ2n) is 3.80. The van der Waals surface area contributed by atoms with Gasteiger partial charge in [-0.25, -0.2) is 0 Å². The molecule has 0 radical (unpaired) electrons. The Balaban J connectivity index is 2.16. The van der Waals surface area contributed by atoms with Crippen LogP contribution in [0.2, 0.25) is 0 Å². The summed E-state index contributed by atoms with van der Waals surface area (Å²) in [6, 6.07) is 6.38. The molecule has 2 heteroatoms. The minimum Gasteiger partial charge on any atom is -0.493 e. The Kier molecular flexibility index (Phi) is 1.56. The van der Waals surface area contributed by atoms with Gasteiger partial charge in [-0.15, -0.1) is 0 Å². The third-order valence-corrected chi connectivity index (χ3v) is 2.99. The first-order chi connectivity index (χ1) is 6.45. The first-order valence-corrected chi connectivity index (χ1v) is 4.90. The minimum atomic E-state index is 0.640. The highest BCUT2D eigenvalue weighted by Crippen LogP contribution is 2.39. The van der Waals surface area contributed by atoms with Crippen molar-refractivity contribution in [2.24, 2.45) is 0 Å². The average Bonchev–Trinajstić information content (AvgIpc) is 2.44. The summed E-state index contributed by atoms with van der Waals surface area (Å²) in [6.45, 7) is 3.00. The zero-order chi connectivity index (χ0) is 8.67. The molecule has 1 aromatic rings. The molecule has 1 unspecified atom stereocenters. The number of hydrogen-bond donors (Lipinski definition) is 1. The van der Waals surface area contributed by atoms with Crippen LogP contribution in [0.25, 0.3) is 0 Å². The van der Waals surface area contributed by atoms with Crippen LogP contribution in [0, 0.1) is 0 Å². The Morgan fingerprint density at radius 2 is 2.38 bits per heavy atom. The first kappa shape index (κ1) is 7.39. The van der Waals surface area contributed by atoms with Crippen molar-refractivity contribution < 1.29 is 4.74 Å². The molecule has 1 aromatic carbocycles. The van der Waals surface area contributed by atoms with E-state index >= 15 is 0 Å². The fraction of sp³-hybridized carbons (Fsp3) is 0.455. The van der Waals surface area contributed by atoms with E-state index in [4.69, 9.17) is 4.74 Å². The van der Waals surface area contributed by atoms with Gasteiger partial charge in [-0.05, 0) is 24.6 Å². The van der Waals surface area contributed by atoms with Gasteiger partial charge in [0, 0.05) is 18.0 Å². The maximum Gasteiger partial charge on any atom is 0.123 e. The number of rotatable bonds is 0. The van der Waals surface area contributed by atoms with Crippen molar-refractivity contribution in [2.75, 3.05) is 13.2 Å². The molecule has 0 spiro atoms. The van der Waals surface area contributed by atoms with Crippen molar-refractivity contribution in [1.82, 2.24) is 5.32 Å². The maximum atomic E-state index is 5.65. The highest BCUT2D eigenvalue weighted by molar-refractivity contribution is 5.46. The second kappa shape index (κ2) is 2.74. The van der Waals surface area contributed by atoms with Crippen LogP contribution in [0.3, 0.4) is 0 Å². The number of benzene rings is 1. The van der Waals surface area contributed by atoms with E-state index in [9.17, 15) is 0 Å². The Bertz CT molecular complexity index is 335. The monoisotopic (exact) mass is 175 g/mol. The molecule has 0 fully saturated rings. The molecule has 1 N–H and O–H groups in total. The molecule has 3 rings (SSSR count). The van der Waals surface area contributed by atoms with Gasteiger partial charge in [-0.1, -0.05) is 12.1 Å². The molecule has 2 aliphatic heterocycles. The van der Waals surface area contributed by atoms with E-state index in [0.717, 1.165) is 25.4 Å².